The van der Waals surface area contributed by atoms with Gasteiger partial charge in [-0.2, -0.15) is 0 Å². The van der Waals surface area contributed by atoms with Gasteiger partial charge in [-0.1, -0.05) is 48.0 Å². The van der Waals surface area contributed by atoms with Crippen molar-refractivity contribution in [3.63, 3.8) is 0 Å². The molecule has 2 aromatic carbocycles. The third kappa shape index (κ3) is 3.70. The number of carbonyl (C=O) groups is 2. The van der Waals surface area contributed by atoms with E-state index in [9.17, 15) is 14.7 Å². The molecule has 8 heteroatoms. The van der Waals surface area contributed by atoms with Crippen LogP contribution >= 0.6 is 11.6 Å². The molecule has 5 rings (SSSR count). The molecular weight excluding hydrogens is 456 g/mol. The largest absolute Gasteiger partial charge is 0.503 e. The van der Waals surface area contributed by atoms with Crippen molar-refractivity contribution in [3.8, 4) is 5.75 Å². The number of rotatable bonds is 6. The summed E-state index contributed by atoms with van der Waals surface area (Å²) in [7, 11) is 1.47. The van der Waals surface area contributed by atoms with Gasteiger partial charge in [0.2, 0.25) is 5.78 Å². The fourth-order valence-electron chi connectivity index (χ4n) is 4.20. The Hall–Kier alpha value is -4.10. The van der Waals surface area contributed by atoms with Crippen LogP contribution in [0.1, 0.15) is 27.7 Å². The highest BCUT2D eigenvalue weighted by Gasteiger charge is 2.44. The summed E-state index contributed by atoms with van der Waals surface area (Å²) in [6.45, 7) is 0.163. The first-order valence-electron chi connectivity index (χ1n) is 10.5. The quantitative estimate of drug-likeness (QED) is 0.383. The van der Waals surface area contributed by atoms with Crippen molar-refractivity contribution in [1.29, 1.82) is 0 Å². The van der Waals surface area contributed by atoms with Crippen molar-refractivity contribution in [1.82, 2.24) is 9.88 Å². The number of Topliss-reactive ketones (excluding diaryl/α,β-unsaturated/α-hetero) is 1. The number of pyridine rings is 1. The van der Waals surface area contributed by atoms with Gasteiger partial charge in [-0.25, -0.2) is 0 Å². The van der Waals surface area contributed by atoms with Gasteiger partial charge < -0.3 is 19.2 Å². The van der Waals surface area contributed by atoms with Crippen molar-refractivity contribution in [2.75, 3.05) is 7.11 Å². The van der Waals surface area contributed by atoms with Crippen molar-refractivity contribution >= 4 is 34.3 Å². The summed E-state index contributed by atoms with van der Waals surface area (Å²) >= 11 is 6.15. The van der Waals surface area contributed by atoms with Gasteiger partial charge in [0.15, 0.2) is 22.9 Å². The maximum atomic E-state index is 13.7. The zero-order valence-electron chi connectivity index (χ0n) is 18.1. The molecule has 0 spiro atoms. The highest BCUT2D eigenvalue weighted by atomic mass is 35.5. The second-order valence-corrected chi connectivity index (χ2v) is 8.27. The molecule has 0 bridgehead atoms. The Balaban J connectivity index is 1.60. The highest BCUT2D eigenvalue weighted by Crippen LogP contribution is 2.41. The number of ketones is 1. The number of hydrogen-bond acceptors (Lipinski definition) is 6. The summed E-state index contributed by atoms with van der Waals surface area (Å²) in [6.07, 6.45) is 3.28. The van der Waals surface area contributed by atoms with E-state index in [1.165, 1.54) is 18.1 Å². The number of nitrogens with zero attached hydrogens (tertiary/aromatic N) is 2. The van der Waals surface area contributed by atoms with E-state index in [0.717, 1.165) is 5.56 Å². The van der Waals surface area contributed by atoms with Gasteiger partial charge in [0.25, 0.3) is 5.91 Å². The summed E-state index contributed by atoms with van der Waals surface area (Å²) in [5.41, 5.74) is 1.75. The van der Waals surface area contributed by atoms with Crippen LogP contribution in [0.5, 0.6) is 5.75 Å². The molecule has 170 valence electrons. The lowest BCUT2D eigenvalue weighted by Gasteiger charge is -2.26. The number of aliphatic hydroxyl groups excluding tert-OH is 1. The molecule has 1 aliphatic rings. The van der Waals surface area contributed by atoms with Crippen LogP contribution in [0.2, 0.25) is 5.02 Å². The number of halogens is 1. The number of amides is 1. The third-order valence-corrected chi connectivity index (χ3v) is 5.95. The van der Waals surface area contributed by atoms with E-state index < -0.39 is 23.5 Å². The Morgan fingerprint density at radius 1 is 1.18 bits per heavy atom. The van der Waals surface area contributed by atoms with Crippen molar-refractivity contribution < 1.29 is 23.8 Å². The zero-order valence-corrected chi connectivity index (χ0v) is 18.8. The number of fused-ring (bicyclic) bond motifs is 1. The summed E-state index contributed by atoms with van der Waals surface area (Å²) in [5.74, 6) is -1.50. The lowest BCUT2D eigenvalue weighted by Crippen LogP contribution is -2.30. The Kier molecular flexibility index (Phi) is 5.55. The standard InChI is InChI=1S/C26H19ClN2O5/c1-33-20-12-18(27)10-17-11-19(34-25(17)20)23(30)21-22(16-7-3-2-4-8-16)29(26(32)24(21)31)14-15-6-5-9-28-13-15/h2-13,22,31H,14H2,1H3. The van der Waals surface area contributed by atoms with Crippen LogP contribution in [0, 0.1) is 0 Å². The zero-order chi connectivity index (χ0) is 23.8. The predicted octanol–water partition coefficient (Wildman–Crippen LogP) is 5.27. The molecule has 0 fully saturated rings. The molecular formula is C26H19ClN2O5. The van der Waals surface area contributed by atoms with Crippen molar-refractivity contribution in [2.24, 2.45) is 0 Å². The molecule has 7 nitrogen and oxygen atoms in total. The Morgan fingerprint density at radius 3 is 2.68 bits per heavy atom. The average molecular weight is 475 g/mol. The van der Waals surface area contributed by atoms with E-state index in [1.54, 1.807) is 30.6 Å². The Labute approximate surface area is 199 Å². The Morgan fingerprint density at radius 2 is 1.97 bits per heavy atom. The number of aliphatic hydroxyl groups is 1. The number of hydrogen-bond donors (Lipinski definition) is 1. The topological polar surface area (TPSA) is 92.9 Å². The molecule has 1 unspecified atom stereocenters. The first kappa shape index (κ1) is 21.7. The first-order chi connectivity index (χ1) is 16.5. The van der Waals surface area contributed by atoms with E-state index in [4.69, 9.17) is 20.8 Å². The SMILES string of the molecule is COc1cc(Cl)cc2cc(C(=O)C3=C(O)C(=O)N(Cc4cccnc4)C3c3ccccc3)oc12. The molecule has 0 saturated heterocycles. The second-order valence-electron chi connectivity index (χ2n) is 7.84. The maximum Gasteiger partial charge on any atom is 0.290 e. The molecule has 1 atom stereocenters. The molecule has 2 aromatic heterocycles. The molecule has 1 amide bonds. The number of ether oxygens (including phenoxy) is 1. The molecule has 0 saturated carbocycles. The molecule has 1 aliphatic heterocycles. The summed E-state index contributed by atoms with van der Waals surface area (Å²) < 4.78 is 11.1. The minimum atomic E-state index is -0.805. The smallest absolute Gasteiger partial charge is 0.290 e. The van der Waals surface area contributed by atoms with Crippen molar-refractivity contribution in [2.45, 2.75) is 12.6 Å². The van der Waals surface area contributed by atoms with E-state index in [0.29, 0.717) is 27.3 Å². The lowest BCUT2D eigenvalue weighted by molar-refractivity contribution is -0.130. The van der Waals surface area contributed by atoms with E-state index in [-0.39, 0.29) is 17.9 Å². The average Bonchev–Trinajstić information content (AvgIpc) is 3.39. The number of benzene rings is 2. The number of aromatic nitrogens is 1. The molecule has 34 heavy (non-hydrogen) atoms. The third-order valence-electron chi connectivity index (χ3n) is 5.73. The van der Waals surface area contributed by atoms with Crippen LogP contribution in [0.15, 0.2) is 88.8 Å². The van der Waals surface area contributed by atoms with Crippen LogP contribution in [-0.2, 0) is 11.3 Å². The molecule has 3 heterocycles. The molecule has 1 N–H and O–H groups in total. The molecule has 0 radical (unpaired) electrons. The molecule has 0 aliphatic carbocycles. The van der Waals surface area contributed by atoms with Gasteiger partial charge in [-0.15, -0.1) is 0 Å². The molecule has 4 aromatic rings. The summed E-state index contributed by atoms with van der Waals surface area (Å²) in [4.78, 5) is 32.3. The van der Waals surface area contributed by atoms with E-state index in [1.807, 2.05) is 36.4 Å². The number of methoxy groups -OCH3 is 1. The summed E-state index contributed by atoms with van der Waals surface area (Å²) in [5, 5.41) is 11.8. The normalized spacial score (nSPS) is 15.9. The van der Waals surface area contributed by atoms with Crippen LogP contribution in [0.3, 0.4) is 0 Å². The van der Waals surface area contributed by atoms with Gasteiger partial charge in [-0.05, 0) is 29.3 Å². The van der Waals surface area contributed by atoms with Gasteiger partial charge in [0, 0.05) is 35.4 Å². The van der Waals surface area contributed by atoms with Crippen LogP contribution in [0.25, 0.3) is 11.0 Å². The van der Waals surface area contributed by atoms with Crippen molar-refractivity contribution in [3.05, 3.63) is 106 Å². The van der Waals surface area contributed by atoms with Crippen LogP contribution < -0.4 is 4.74 Å². The van der Waals surface area contributed by atoms with E-state index >= 15 is 0 Å². The minimum absolute atomic E-state index is 0.0333. The van der Waals surface area contributed by atoms with Gasteiger partial charge in [0.05, 0.1) is 18.7 Å². The Bertz CT molecular complexity index is 1430. The number of carbonyl (C=O) groups excluding carboxylic acids is 2. The lowest BCUT2D eigenvalue weighted by atomic mass is 9.95. The van der Waals surface area contributed by atoms with Gasteiger partial charge in [0.1, 0.15) is 0 Å². The second kappa shape index (κ2) is 8.68. The first-order valence-corrected chi connectivity index (χ1v) is 10.9. The summed E-state index contributed by atoms with van der Waals surface area (Å²) in [6, 6.07) is 16.6. The fraction of sp³-hybridized carbons (Fsp3) is 0.115. The predicted molar refractivity (Wildman–Crippen MR) is 126 cm³/mol. The highest BCUT2D eigenvalue weighted by molar-refractivity contribution is 6.31. The fourth-order valence-corrected chi connectivity index (χ4v) is 4.42. The van der Waals surface area contributed by atoms with Gasteiger partial charge >= 0.3 is 0 Å². The van der Waals surface area contributed by atoms with E-state index in [2.05, 4.69) is 4.98 Å². The number of furan rings is 1. The van der Waals surface area contributed by atoms with Crippen LogP contribution in [0.4, 0.5) is 0 Å². The minimum Gasteiger partial charge on any atom is -0.503 e. The monoisotopic (exact) mass is 474 g/mol. The van der Waals surface area contributed by atoms with Crippen LogP contribution in [-0.4, -0.2) is 33.8 Å². The van der Waals surface area contributed by atoms with Gasteiger partial charge in [-0.3, -0.25) is 14.6 Å². The maximum absolute atomic E-state index is 13.7.